The van der Waals surface area contributed by atoms with E-state index in [0.29, 0.717) is 0 Å². The van der Waals surface area contributed by atoms with Crippen LogP contribution in [0.1, 0.15) is 79.1 Å². The van der Waals surface area contributed by atoms with Crippen molar-refractivity contribution in [3.8, 4) is 0 Å². The van der Waals surface area contributed by atoms with Crippen LogP contribution in [-0.4, -0.2) is 18.0 Å². The van der Waals surface area contributed by atoms with Gasteiger partial charge in [0.05, 0.1) is 12.2 Å². The number of hydrogen-bond acceptors (Lipinski definition) is 2. The van der Waals surface area contributed by atoms with E-state index in [-0.39, 0.29) is 18.0 Å². The Balaban J connectivity index is 2.67. The Hall–Kier alpha value is -0.0800. The summed E-state index contributed by atoms with van der Waals surface area (Å²) < 4.78 is 12.3. The van der Waals surface area contributed by atoms with Gasteiger partial charge in [0.1, 0.15) is 0 Å². The number of hydrogen-bond donors (Lipinski definition) is 0. The Bertz CT molecular complexity index is 177. The first-order valence-electron chi connectivity index (χ1n) is 7.40. The van der Waals surface area contributed by atoms with Crippen LogP contribution in [0.15, 0.2) is 0 Å². The lowest BCUT2D eigenvalue weighted by atomic mass is 10.0. The van der Waals surface area contributed by atoms with E-state index in [2.05, 4.69) is 27.7 Å². The van der Waals surface area contributed by atoms with Crippen molar-refractivity contribution in [2.75, 3.05) is 0 Å². The minimum atomic E-state index is -0.313. The van der Waals surface area contributed by atoms with Crippen LogP contribution in [-0.2, 0) is 9.47 Å². The topological polar surface area (TPSA) is 18.5 Å². The van der Waals surface area contributed by atoms with Gasteiger partial charge >= 0.3 is 0 Å². The average molecular weight is 242 g/mol. The molecule has 0 aromatic rings. The molecule has 0 heterocycles. The first kappa shape index (κ1) is 15.0. The highest BCUT2D eigenvalue weighted by Gasteiger charge is 2.33. The van der Waals surface area contributed by atoms with Crippen molar-refractivity contribution in [3.05, 3.63) is 0 Å². The highest BCUT2D eigenvalue weighted by atomic mass is 16.7. The average Bonchev–Trinajstić information content (AvgIpc) is 2.28. The van der Waals surface area contributed by atoms with Crippen LogP contribution in [0.3, 0.4) is 0 Å². The maximum absolute atomic E-state index is 6.16. The van der Waals surface area contributed by atoms with Gasteiger partial charge in [-0.2, -0.15) is 0 Å². The molecule has 0 unspecified atom stereocenters. The van der Waals surface area contributed by atoms with E-state index >= 15 is 0 Å². The van der Waals surface area contributed by atoms with Gasteiger partial charge in [-0.1, -0.05) is 25.7 Å². The van der Waals surface area contributed by atoms with Crippen molar-refractivity contribution in [3.63, 3.8) is 0 Å². The summed E-state index contributed by atoms with van der Waals surface area (Å²) in [7, 11) is 0. The van der Waals surface area contributed by atoms with E-state index in [1.165, 1.54) is 38.5 Å². The molecule has 0 atom stereocenters. The maximum atomic E-state index is 6.16. The Labute approximate surface area is 107 Å². The van der Waals surface area contributed by atoms with Crippen molar-refractivity contribution in [2.45, 2.75) is 97.1 Å². The van der Waals surface area contributed by atoms with Gasteiger partial charge in [0.15, 0.2) is 5.79 Å². The monoisotopic (exact) mass is 242 g/mol. The zero-order chi connectivity index (χ0) is 12.7. The second-order valence-corrected chi connectivity index (χ2v) is 5.87. The lowest BCUT2D eigenvalue weighted by molar-refractivity contribution is -0.276. The third-order valence-electron chi connectivity index (χ3n) is 3.27. The first-order valence-corrected chi connectivity index (χ1v) is 7.40. The first-order chi connectivity index (χ1) is 8.04. The van der Waals surface area contributed by atoms with E-state index in [0.717, 1.165) is 12.8 Å². The standard InChI is InChI=1S/C15H30O2/c1-13(2)16-15(17-14(3)4)11-9-7-5-6-8-10-12-15/h13-14H,5-12H2,1-4H3. The molecule has 1 aliphatic carbocycles. The highest BCUT2D eigenvalue weighted by Crippen LogP contribution is 2.32. The van der Waals surface area contributed by atoms with Crippen molar-refractivity contribution >= 4 is 0 Å². The van der Waals surface area contributed by atoms with E-state index in [1.54, 1.807) is 0 Å². The molecule has 0 saturated heterocycles. The zero-order valence-electron chi connectivity index (χ0n) is 12.1. The SMILES string of the molecule is CC(C)OC1(OC(C)C)CCCCCCCC1. The summed E-state index contributed by atoms with van der Waals surface area (Å²) in [5.41, 5.74) is 0. The minimum absolute atomic E-state index is 0.245. The van der Waals surface area contributed by atoms with Crippen LogP contribution in [0, 0.1) is 0 Å². The second kappa shape index (κ2) is 7.38. The molecule has 0 N–H and O–H groups in total. The molecule has 1 saturated carbocycles. The second-order valence-electron chi connectivity index (χ2n) is 5.87. The normalized spacial score (nSPS) is 22.2. The predicted octanol–water partition coefficient (Wildman–Crippen LogP) is 4.67. The predicted molar refractivity (Wildman–Crippen MR) is 72.1 cm³/mol. The Morgan fingerprint density at radius 3 is 1.35 bits per heavy atom. The molecule has 0 aliphatic heterocycles. The molecule has 1 rings (SSSR count). The molecule has 2 nitrogen and oxygen atoms in total. The third kappa shape index (κ3) is 5.87. The van der Waals surface area contributed by atoms with Crippen molar-refractivity contribution in [2.24, 2.45) is 0 Å². The summed E-state index contributed by atoms with van der Waals surface area (Å²) in [5.74, 6) is -0.313. The van der Waals surface area contributed by atoms with E-state index < -0.39 is 0 Å². The van der Waals surface area contributed by atoms with Crippen molar-refractivity contribution in [1.82, 2.24) is 0 Å². The molecular weight excluding hydrogens is 212 g/mol. The Morgan fingerprint density at radius 1 is 0.647 bits per heavy atom. The highest BCUT2D eigenvalue weighted by molar-refractivity contribution is 4.74. The molecule has 1 aliphatic rings. The molecular formula is C15H30O2. The fraction of sp³-hybridized carbons (Fsp3) is 1.00. The number of ether oxygens (including phenoxy) is 2. The fourth-order valence-corrected chi connectivity index (χ4v) is 2.74. The van der Waals surface area contributed by atoms with Gasteiger partial charge in [0.25, 0.3) is 0 Å². The maximum Gasteiger partial charge on any atom is 0.168 e. The van der Waals surface area contributed by atoms with Crippen LogP contribution < -0.4 is 0 Å². The van der Waals surface area contributed by atoms with Gasteiger partial charge in [-0.15, -0.1) is 0 Å². The van der Waals surface area contributed by atoms with Gasteiger partial charge < -0.3 is 9.47 Å². The van der Waals surface area contributed by atoms with Crippen molar-refractivity contribution < 1.29 is 9.47 Å². The van der Waals surface area contributed by atoms with Gasteiger partial charge in [0, 0.05) is 12.8 Å². The van der Waals surface area contributed by atoms with Crippen LogP contribution in [0.4, 0.5) is 0 Å². The smallest absolute Gasteiger partial charge is 0.168 e. The molecule has 0 bridgehead atoms. The van der Waals surface area contributed by atoms with Gasteiger partial charge in [0.2, 0.25) is 0 Å². The molecule has 0 spiro atoms. The molecule has 0 amide bonds. The molecule has 0 aromatic heterocycles. The number of rotatable bonds is 4. The largest absolute Gasteiger partial charge is 0.347 e. The van der Waals surface area contributed by atoms with Crippen LogP contribution in [0.5, 0.6) is 0 Å². The van der Waals surface area contributed by atoms with Crippen LogP contribution >= 0.6 is 0 Å². The van der Waals surface area contributed by atoms with Crippen LogP contribution in [0.25, 0.3) is 0 Å². The van der Waals surface area contributed by atoms with Crippen molar-refractivity contribution in [1.29, 1.82) is 0 Å². The summed E-state index contributed by atoms with van der Waals surface area (Å²) >= 11 is 0. The van der Waals surface area contributed by atoms with Gasteiger partial charge in [-0.3, -0.25) is 0 Å². The minimum Gasteiger partial charge on any atom is -0.347 e. The molecule has 0 radical (unpaired) electrons. The van der Waals surface area contributed by atoms with E-state index in [1.807, 2.05) is 0 Å². The van der Waals surface area contributed by atoms with E-state index in [9.17, 15) is 0 Å². The third-order valence-corrected chi connectivity index (χ3v) is 3.27. The summed E-state index contributed by atoms with van der Waals surface area (Å²) in [5, 5.41) is 0. The van der Waals surface area contributed by atoms with Gasteiger partial charge in [-0.25, -0.2) is 0 Å². The van der Waals surface area contributed by atoms with E-state index in [4.69, 9.17) is 9.47 Å². The molecule has 2 heteroatoms. The van der Waals surface area contributed by atoms with Gasteiger partial charge in [-0.05, 0) is 40.5 Å². The quantitative estimate of drug-likeness (QED) is 0.667. The Morgan fingerprint density at radius 2 is 1.00 bits per heavy atom. The molecule has 17 heavy (non-hydrogen) atoms. The van der Waals surface area contributed by atoms with Crippen LogP contribution in [0.2, 0.25) is 0 Å². The summed E-state index contributed by atoms with van der Waals surface area (Å²) in [6.45, 7) is 8.44. The lowest BCUT2D eigenvalue weighted by Crippen LogP contribution is -2.40. The molecule has 0 aromatic carbocycles. The fourth-order valence-electron chi connectivity index (χ4n) is 2.74. The summed E-state index contributed by atoms with van der Waals surface area (Å²) in [6.07, 6.45) is 10.5. The molecule has 102 valence electrons. The lowest BCUT2D eigenvalue weighted by Gasteiger charge is -2.37. The Kier molecular flexibility index (Phi) is 6.50. The summed E-state index contributed by atoms with van der Waals surface area (Å²) in [4.78, 5) is 0. The molecule has 1 fully saturated rings. The zero-order valence-corrected chi connectivity index (χ0v) is 12.1. The summed E-state index contributed by atoms with van der Waals surface area (Å²) in [6, 6.07) is 0.